The number of hydrogen-bond donors (Lipinski definition) is 2. The van der Waals surface area contributed by atoms with Gasteiger partial charge in [0.05, 0.1) is 32.1 Å². The molecule has 10 nitrogen and oxygen atoms in total. The van der Waals surface area contributed by atoms with Crippen molar-refractivity contribution < 1.29 is 32.7 Å². The minimum atomic E-state index is -3.75. The Morgan fingerprint density at radius 2 is 1.50 bits per heavy atom. The molecule has 28 heavy (non-hydrogen) atoms. The largest absolute Gasteiger partial charge is 0.465 e. The predicted molar refractivity (Wildman–Crippen MR) is 106 cm³/mol. The number of hydrazone groups is 1. The van der Waals surface area contributed by atoms with Gasteiger partial charge in [-0.25, -0.2) is 10.2 Å². The van der Waals surface area contributed by atoms with Gasteiger partial charge >= 0.3 is 19.7 Å². The van der Waals surface area contributed by atoms with Crippen LogP contribution in [-0.4, -0.2) is 56.0 Å². The summed E-state index contributed by atoms with van der Waals surface area (Å²) in [5.41, 5.74) is 2.42. The molecule has 11 heteroatoms. The molecule has 1 amide bonds. The third-order valence-electron chi connectivity index (χ3n) is 3.47. The van der Waals surface area contributed by atoms with Crippen molar-refractivity contribution in [2.24, 2.45) is 11.0 Å². The minimum absolute atomic E-state index is 0.125. The molecular weight excluding hydrogens is 389 g/mol. The molecule has 2 atom stereocenters. The molecular formula is C17H34N3O7P. The number of hydrogen-bond acceptors (Lipinski definition) is 9. The van der Waals surface area contributed by atoms with Crippen molar-refractivity contribution in [1.82, 2.24) is 10.7 Å². The number of rotatable bonds is 13. The molecule has 164 valence electrons. The van der Waals surface area contributed by atoms with E-state index < -0.39 is 31.5 Å². The summed E-state index contributed by atoms with van der Waals surface area (Å²) in [6, 6.07) is -0.785. The third kappa shape index (κ3) is 8.68. The highest BCUT2D eigenvalue weighted by atomic mass is 31.2. The molecule has 0 fully saturated rings. The first kappa shape index (κ1) is 26.5. The standard InChI is InChI=1S/C17H34N3O7P/c1-8-24-16(21)14(12(5)6)18-15(28(23,26-10-3)27-11-4)13(7)19-20-17(22)25-9-2/h12,14-15,18H,8-11H2,1-7H3,(H,20,22)/b19-13-/t14-,15?/m0/s1. The van der Waals surface area contributed by atoms with Gasteiger partial charge < -0.3 is 18.5 Å². The lowest BCUT2D eigenvalue weighted by Crippen LogP contribution is -2.50. The quantitative estimate of drug-likeness (QED) is 0.201. The van der Waals surface area contributed by atoms with E-state index in [-0.39, 0.29) is 38.1 Å². The van der Waals surface area contributed by atoms with Gasteiger partial charge in [0.1, 0.15) is 6.04 Å². The Labute approximate surface area is 167 Å². The lowest BCUT2D eigenvalue weighted by molar-refractivity contribution is -0.146. The van der Waals surface area contributed by atoms with Crippen LogP contribution in [0.5, 0.6) is 0 Å². The van der Waals surface area contributed by atoms with Crippen molar-refractivity contribution in [3.05, 3.63) is 0 Å². The maximum atomic E-state index is 13.4. The average Bonchev–Trinajstić information content (AvgIpc) is 2.60. The normalized spacial score (nSPS) is 14.5. The van der Waals surface area contributed by atoms with E-state index in [0.29, 0.717) is 0 Å². The predicted octanol–water partition coefficient (Wildman–Crippen LogP) is 2.88. The van der Waals surface area contributed by atoms with Crippen LogP contribution in [0.25, 0.3) is 0 Å². The first-order chi connectivity index (χ1) is 13.2. The zero-order valence-electron chi connectivity index (χ0n) is 17.8. The molecule has 0 saturated heterocycles. The number of carbonyl (C=O) groups excluding carboxylic acids is 2. The van der Waals surface area contributed by atoms with Crippen molar-refractivity contribution in [2.75, 3.05) is 26.4 Å². The van der Waals surface area contributed by atoms with Crippen molar-refractivity contribution in [1.29, 1.82) is 0 Å². The average molecular weight is 423 g/mol. The van der Waals surface area contributed by atoms with Gasteiger partial charge in [0, 0.05) is 0 Å². The summed E-state index contributed by atoms with van der Waals surface area (Å²) < 4.78 is 34.1. The van der Waals surface area contributed by atoms with Gasteiger partial charge in [-0.05, 0) is 40.5 Å². The van der Waals surface area contributed by atoms with Gasteiger partial charge in [-0.15, -0.1) is 0 Å². The monoisotopic (exact) mass is 423 g/mol. The summed E-state index contributed by atoms with van der Waals surface area (Å²) in [6.45, 7) is 12.5. The Morgan fingerprint density at radius 1 is 0.964 bits per heavy atom. The molecule has 0 aromatic rings. The smallest absolute Gasteiger partial charge is 0.427 e. The summed E-state index contributed by atoms with van der Waals surface area (Å²) >= 11 is 0. The maximum absolute atomic E-state index is 13.4. The summed E-state index contributed by atoms with van der Waals surface area (Å²) in [4.78, 5) is 23.9. The Bertz CT molecular complexity index is 559. The van der Waals surface area contributed by atoms with Crippen LogP contribution in [0, 0.1) is 5.92 Å². The lowest BCUT2D eigenvalue weighted by Gasteiger charge is -2.31. The molecule has 0 aliphatic carbocycles. The van der Waals surface area contributed by atoms with Crippen LogP contribution in [0.3, 0.4) is 0 Å². The van der Waals surface area contributed by atoms with E-state index in [0.717, 1.165) is 0 Å². The third-order valence-corrected chi connectivity index (χ3v) is 5.87. The Kier molecular flexibility index (Phi) is 12.9. The van der Waals surface area contributed by atoms with Crippen LogP contribution >= 0.6 is 7.60 Å². The van der Waals surface area contributed by atoms with E-state index >= 15 is 0 Å². The number of ether oxygens (including phenoxy) is 2. The number of carbonyl (C=O) groups is 2. The molecule has 0 heterocycles. The fourth-order valence-electron chi connectivity index (χ4n) is 2.28. The molecule has 2 N–H and O–H groups in total. The molecule has 0 aromatic carbocycles. The summed E-state index contributed by atoms with van der Waals surface area (Å²) in [6.07, 6.45) is -0.756. The minimum Gasteiger partial charge on any atom is -0.465 e. The van der Waals surface area contributed by atoms with Crippen LogP contribution in [0.15, 0.2) is 5.10 Å². The highest BCUT2D eigenvalue weighted by Gasteiger charge is 2.41. The molecule has 1 unspecified atom stereocenters. The Balaban J connectivity index is 5.87. The molecule has 0 rings (SSSR count). The van der Waals surface area contributed by atoms with Gasteiger partial charge in [-0.2, -0.15) is 5.10 Å². The van der Waals surface area contributed by atoms with Crippen LogP contribution < -0.4 is 10.7 Å². The van der Waals surface area contributed by atoms with Gasteiger partial charge in [-0.3, -0.25) is 14.7 Å². The van der Waals surface area contributed by atoms with E-state index in [2.05, 4.69) is 15.8 Å². The van der Waals surface area contributed by atoms with Gasteiger partial charge in [0.25, 0.3) is 0 Å². The zero-order valence-corrected chi connectivity index (χ0v) is 18.7. The van der Waals surface area contributed by atoms with Gasteiger partial charge in [0.15, 0.2) is 5.78 Å². The second kappa shape index (κ2) is 13.7. The van der Waals surface area contributed by atoms with Crippen LogP contribution in [0.2, 0.25) is 0 Å². The summed E-state index contributed by atoms with van der Waals surface area (Å²) in [5.74, 6) is -1.75. The molecule has 0 aliphatic rings. The van der Waals surface area contributed by atoms with E-state index in [4.69, 9.17) is 18.5 Å². The fraction of sp³-hybridized carbons (Fsp3) is 0.824. The Morgan fingerprint density at radius 3 is 1.93 bits per heavy atom. The van der Waals surface area contributed by atoms with E-state index in [1.165, 1.54) is 6.92 Å². The SMILES string of the molecule is CCOC(=O)N/N=C(/C)C(N[C@H](C(=O)OCC)C(C)C)P(=O)(OCC)OCC. The first-order valence-electron chi connectivity index (χ1n) is 9.45. The summed E-state index contributed by atoms with van der Waals surface area (Å²) in [5, 5.41) is 6.93. The molecule has 0 aromatic heterocycles. The van der Waals surface area contributed by atoms with Crippen LogP contribution in [-0.2, 0) is 27.9 Å². The summed E-state index contributed by atoms with van der Waals surface area (Å²) in [7, 11) is -3.75. The number of nitrogens with one attached hydrogen (secondary N) is 2. The molecule has 0 bridgehead atoms. The molecule has 0 radical (unpaired) electrons. The van der Waals surface area contributed by atoms with E-state index in [1.54, 1.807) is 27.7 Å². The topological polar surface area (TPSA) is 125 Å². The highest BCUT2D eigenvalue weighted by Crippen LogP contribution is 2.52. The fourth-order valence-corrected chi connectivity index (χ4v) is 4.23. The second-order valence-electron chi connectivity index (χ2n) is 6.00. The van der Waals surface area contributed by atoms with Gasteiger partial charge in [0.2, 0.25) is 0 Å². The second-order valence-corrected chi connectivity index (χ2v) is 8.12. The maximum Gasteiger partial charge on any atom is 0.427 e. The highest BCUT2D eigenvalue weighted by molar-refractivity contribution is 7.55. The van der Waals surface area contributed by atoms with Crippen molar-refractivity contribution in [3.63, 3.8) is 0 Å². The number of nitrogens with zero attached hydrogens (tertiary/aromatic N) is 1. The van der Waals surface area contributed by atoms with E-state index in [9.17, 15) is 14.2 Å². The number of esters is 1. The zero-order chi connectivity index (χ0) is 21.7. The van der Waals surface area contributed by atoms with Gasteiger partial charge in [-0.1, -0.05) is 13.8 Å². The molecule has 0 spiro atoms. The van der Waals surface area contributed by atoms with Crippen molar-refractivity contribution >= 4 is 25.4 Å². The number of amides is 1. The van der Waals surface area contributed by atoms with Crippen LogP contribution in [0.1, 0.15) is 48.5 Å². The first-order valence-corrected chi connectivity index (χ1v) is 11.1. The van der Waals surface area contributed by atoms with Crippen molar-refractivity contribution in [2.45, 2.75) is 60.3 Å². The van der Waals surface area contributed by atoms with Crippen LogP contribution in [0.4, 0.5) is 4.79 Å². The van der Waals surface area contributed by atoms with E-state index in [1.807, 2.05) is 13.8 Å². The molecule has 0 aliphatic heterocycles. The molecule has 0 saturated carbocycles. The lowest BCUT2D eigenvalue weighted by atomic mass is 10.0. The van der Waals surface area contributed by atoms with Crippen molar-refractivity contribution in [3.8, 4) is 0 Å². The Hall–Kier alpha value is -1.48.